The second kappa shape index (κ2) is 7.15. The number of aldehydes is 1. The minimum Gasteiger partial charge on any atom is -0.468 e. The van der Waals surface area contributed by atoms with Gasteiger partial charge in [-0.1, -0.05) is 36.4 Å². The molecule has 2 aromatic carbocycles. The molecule has 0 bridgehead atoms. The Morgan fingerprint density at radius 3 is 2.88 bits per heavy atom. The van der Waals surface area contributed by atoms with Crippen LogP contribution in [0, 0.1) is 0 Å². The van der Waals surface area contributed by atoms with Crippen LogP contribution in [0.25, 0.3) is 28.0 Å². The lowest BCUT2D eigenvalue weighted by Crippen LogP contribution is -1.98. The molecule has 0 N–H and O–H groups in total. The van der Waals surface area contributed by atoms with Gasteiger partial charge in [0.1, 0.15) is 23.2 Å². The average molecular weight is 322 g/mol. The van der Waals surface area contributed by atoms with Crippen molar-refractivity contribution in [1.82, 2.24) is 0 Å². The lowest BCUT2D eigenvalue weighted by molar-refractivity contribution is -0.104. The Kier molecular flexibility index (Phi) is 4.77. The van der Waals surface area contributed by atoms with Crippen molar-refractivity contribution in [3.8, 4) is 5.75 Å². The Morgan fingerprint density at radius 1 is 1.21 bits per heavy atom. The van der Waals surface area contributed by atoms with E-state index in [1.54, 1.807) is 20.1 Å². The van der Waals surface area contributed by atoms with E-state index >= 15 is 0 Å². The fourth-order valence-electron chi connectivity index (χ4n) is 2.49. The summed E-state index contributed by atoms with van der Waals surface area (Å²) in [6.07, 6.45) is 6.37. The third-order valence-electron chi connectivity index (χ3n) is 3.66. The summed E-state index contributed by atoms with van der Waals surface area (Å²) in [6.45, 7) is 1.97. The van der Waals surface area contributed by atoms with Gasteiger partial charge in [-0.2, -0.15) is 0 Å². The Hall–Kier alpha value is -2.85. The van der Waals surface area contributed by atoms with Gasteiger partial charge in [-0.15, -0.1) is 0 Å². The highest BCUT2D eigenvalue weighted by Gasteiger charge is 2.10. The van der Waals surface area contributed by atoms with Crippen molar-refractivity contribution in [2.75, 3.05) is 13.9 Å². The van der Waals surface area contributed by atoms with E-state index in [0.717, 1.165) is 39.5 Å². The first-order valence-corrected chi connectivity index (χ1v) is 7.60. The van der Waals surface area contributed by atoms with Gasteiger partial charge in [-0.05, 0) is 30.7 Å². The smallest absolute Gasteiger partial charge is 0.188 e. The molecular formula is C20H18O4. The van der Waals surface area contributed by atoms with Gasteiger partial charge in [-0.3, -0.25) is 4.79 Å². The Morgan fingerprint density at radius 2 is 2.08 bits per heavy atom. The van der Waals surface area contributed by atoms with Crippen LogP contribution in [0.1, 0.15) is 12.5 Å². The van der Waals surface area contributed by atoms with Crippen molar-refractivity contribution >= 4 is 34.3 Å². The molecule has 0 aliphatic rings. The molecule has 4 heteroatoms. The van der Waals surface area contributed by atoms with Gasteiger partial charge in [0.15, 0.2) is 6.79 Å². The third-order valence-corrected chi connectivity index (χ3v) is 3.66. The van der Waals surface area contributed by atoms with Gasteiger partial charge >= 0.3 is 0 Å². The van der Waals surface area contributed by atoms with Gasteiger partial charge in [-0.25, -0.2) is 0 Å². The zero-order valence-corrected chi connectivity index (χ0v) is 13.6. The summed E-state index contributed by atoms with van der Waals surface area (Å²) in [6, 6.07) is 11.7. The topological polar surface area (TPSA) is 48.7 Å². The zero-order chi connectivity index (χ0) is 16.9. The van der Waals surface area contributed by atoms with E-state index in [4.69, 9.17) is 13.9 Å². The summed E-state index contributed by atoms with van der Waals surface area (Å²) in [4.78, 5) is 10.6. The molecule has 0 radical (unpaired) electrons. The van der Waals surface area contributed by atoms with Crippen LogP contribution in [0.15, 0.2) is 58.5 Å². The largest absolute Gasteiger partial charge is 0.468 e. The fourth-order valence-corrected chi connectivity index (χ4v) is 2.49. The summed E-state index contributed by atoms with van der Waals surface area (Å²) >= 11 is 0. The molecule has 24 heavy (non-hydrogen) atoms. The first kappa shape index (κ1) is 16.0. The van der Waals surface area contributed by atoms with Crippen molar-refractivity contribution in [3.63, 3.8) is 0 Å². The first-order valence-electron chi connectivity index (χ1n) is 7.60. The molecule has 3 aromatic rings. The van der Waals surface area contributed by atoms with E-state index in [-0.39, 0.29) is 6.79 Å². The molecular weight excluding hydrogens is 304 g/mol. The van der Waals surface area contributed by atoms with Crippen LogP contribution in [0.2, 0.25) is 0 Å². The molecule has 0 fully saturated rings. The van der Waals surface area contributed by atoms with Gasteiger partial charge in [0.2, 0.25) is 0 Å². The van der Waals surface area contributed by atoms with E-state index in [1.165, 1.54) is 0 Å². The third kappa shape index (κ3) is 3.24. The van der Waals surface area contributed by atoms with Crippen LogP contribution < -0.4 is 4.74 Å². The van der Waals surface area contributed by atoms with Crippen LogP contribution in [-0.2, 0) is 9.53 Å². The number of para-hydroxylation sites is 1. The lowest BCUT2D eigenvalue weighted by Gasteiger charge is -2.03. The second-order valence-corrected chi connectivity index (χ2v) is 5.42. The predicted molar refractivity (Wildman–Crippen MR) is 95.1 cm³/mol. The van der Waals surface area contributed by atoms with E-state index in [2.05, 4.69) is 0 Å². The molecule has 1 aromatic heterocycles. The first-order chi connectivity index (χ1) is 11.7. The number of fused-ring (bicyclic) bond motifs is 3. The number of methoxy groups -OCH3 is 1. The van der Waals surface area contributed by atoms with Crippen LogP contribution in [-0.4, -0.2) is 20.2 Å². The van der Waals surface area contributed by atoms with Gasteiger partial charge in [0.25, 0.3) is 0 Å². The molecule has 1 heterocycles. The highest BCUT2D eigenvalue weighted by molar-refractivity contribution is 6.07. The monoisotopic (exact) mass is 322 g/mol. The van der Waals surface area contributed by atoms with Crippen molar-refractivity contribution in [2.45, 2.75) is 6.92 Å². The molecule has 122 valence electrons. The molecule has 0 aliphatic carbocycles. The van der Waals surface area contributed by atoms with E-state index < -0.39 is 0 Å². The van der Waals surface area contributed by atoms with E-state index in [0.29, 0.717) is 5.57 Å². The SMILES string of the molecule is COCOc1ccc2oc3c(/C=C/C=C(\C)C=O)cccc3c2c1. The van der Waals surface area contributed by atoms with Crippen molar-refractivity contribution in [2.24, 2.45) is 0 Å². The molecule has 0 unspecified atom stereocenters. The Labute approximate surface area is 140 Å². The normalized spacial score (nSPS) is 12.3. The second-order valence-electron chi connectivity index (χ2n) is 5.42. The van der Waals surface area contributed by atoms with Gasteiger partial charge < -0.3 is 13.9 Å². The molecule has 0 spiro atoms. The van der Waals surface area contributed by atoms with Crippen LogP contribution in [0.3, 0.4) is 0 Å². The summed E-state index contributed by atoms with van der Waals surface area (Å²) in [5, 5.41) is 2.01. The molecule has 0 aliphatic heterocycles. The molecule has 4 nitrogen and oxygen atoms in total. The highest BCUT2D eigenvalue weighted by atomic mass is 16.7. The summed E-state index contributed by atoms with van der Waals surface area (Å²) in [5.74, 6) is 0.734. The molecule has 0 atom stereocenters. The number of furan rings is 1. The number of allylic oxidation sites excluding steroid dienone is 3. The quantitative estimate of drug-likeness (QED) is 0.285. The molecule has 3 rings (SSSR count). The lowest BCUT2D eigenvalue weighted by atomic mass is 10.1. The molecule has 0 saturated heterocycles. The van der Waals surface area contributed by atoms with Crippen LogP contribution in [0.5, 0.6) is 5.75 Å². The maximum Gasteiger partial charge on any atom is 0.188 e. The Balaban J connectivity index is 2.05. The van der Waals surface area contributed by atoms with E-state index in [9.17, 15) is 4.79 Å². The number of ether oxygens (including phenoxy) is 2. The highest BCUT2D eigenvalue weighted by Crippen LogP contribution is 2.33. The number of benzene rings is 2. The van der Waals surface area contributed by atoms with Gasteiger partial charge in [0.05, 0.1) is 0 Å². The minimum atomic E-state index is 0.206. The number of rotatable bonds is 6. The fraction of sp³-hybridized carbons (Fsp3) is 0.150. The van der Waals surface area contributed by atoms with Gasteiger partial charge in [0, 0.05) is 23.4 Å². The number of carbonyl (C=O) groups excluding carboxylic acids is 1. The van der Waals surface area contributed by atoms with Crippen LogP contribution >= 0.6 is 0 Å². The number of hydrogen-bond acceptors (Lipinski definition) is 4. The van der Waals surface area contributed by atoms with Crippen molar-refractivity contribution in [3.05, 3.63) is 59.7 Å². The summed E-state index contributed by atoms with van der Waals surface area (Å²) in [7, 11) is 1.59. The molecule has 0 saturated carbocycles. The van der Waals surface area contributed by atoms with Crippen LogP contribution in [0.4, 0.5) is 0 Å². The standard InChI is InChI=1S/C20H18O4/c1-14(12-21)5-3-6-15-7-4-8-17-18-11-16(23-13-22-2)9-10-19(18)24-20(15)17/h3-12H,13H2,1-2H3/b6-3+,14-5+. The maximum atomic E-state index is 10.6. The van der Waals surface area contributed by atoms with Crippen molar-refractivity contribution < 1.29 is 18.7 Å². The predicted octanol–water partition coefficient (Wildman–Crippen LogP) is 4.73. The molecule has 0 amide bonds. The maximum absolute atomic E-state index is 10.6. The van der Waals surface area contributed by atoms with Crippen molar-refractivity contribution in [1.29, 1.82) is 0 Å². The zero-order valence-electron chi connectivity index (χ0n) is 13.6. The Bertz CT molecular complexity index is 931. The summed E-state index contributed by atoms with van der Waals surface area (Å²) < 4.78 is 16.4. The average Bonchev–Trinajstić information content (AvgIpc) is 2.98. The number of carbonyl (C=O) groups is 1. The summed E-state index contributed by atoms with van der Waals surface area (Å²) in [5.41, 5.74) is 3.24. The van der Waals surface area contributed by atoms with E-state index in [1.807, 2.05) is 48.6 Å². The minimum absolute atomic E-state index is 0.206. The number of hydrogen-bond donors (Lipinski definition) is 0.